The van der Waals surface area contributed by atoms with Crippen LogP contribution >= 0.6 is 0 Å². The van der Waals surface area contributed by atoms with Gasteiger partial charge in [-0.3, -0.25) is 0 Å². The van der Waals surface area contributed by atoms with Gasteiger partial charge in [-0.05, 0) is 19.1 Å². The van der Waals surface area contributed by atoms with E-state index >= 15 is 0 Å². The van der Waals surface area contributed by atoms with E-state index in [9.17, 15) is 9.18 Å². The number of rotatable bonds is 6. The van der Waals surface area contributed by atoms with Gasteiger partial charge >= 0.3 is 5.97 Å². The van der Waals surface area contributed by atoms with Crippen molar-refractivity contribution in [1.82, 2.24) is 0 Å². The maximum Gasteiger partial charge on any atom is 0.335 e. The molecular weight excluding hydrogens is 237 g/mol. The zero-order valence-electron chi connectivity index (χ0n) is 10.5. The molecule has 0 radical (unpaired) electrons. The van der Waals surface area contributed by atoms with Crippen LogP contribution in [0.3, 0.4) is 0 Å². The van der Waals surface area contributed by atoms with Gasteiger partial charge in [-0.2, -0.15) is 0 Å². The number of hydrogen-bond donors (Lipinski definition) is 1. The third-order valence-electron chi connectivity index (χ3n) is 2.23. The molecule has 0 aliphatic rings. The molecule has 0 fully saturated rings. The Bertz CT molecular complexity index is 446. The zero-order chi connectivity index (χ0) is 13.5. The highest BCUT2D eigenvalue weighted by Crippen LogP contribution is 2.21. The summed E-state index contributed by atoms with van der Waals surface area (Å²) in [4.78, 5) is 11.3. The molecule has 1 rings (SSSR count). The number of carbonyl (C=O) groups excluding carboxylic acids is 1. The Labute approximate surface area is 105 Å². The van der Waals surface area contributed by atoms with Crippen molar-refractivity contribution in [3.05, 3.63) is 36.2 Å². The molecule has 1 N–H and O–H groups in total. The Hall–Kier alpha value is -2.04. The Balaban J connectivity index is 2.63. The number of hydrogen-bond acceptors (Lipinski definition) is 4. The number of nitrogens with one attached hydrogen (secondary N) is 1. The monoisotopic (exact) mass is 253 g/mol. The van der Waals surface area contributed by atoms with Gasteiger partial charge in [0.1, 0.15) is 11.6 Å². The SMILES string of the molecule is C=C(CNc1cc(OC)ccc1F)C(=O)OCC. The molecule has 0 bridgehead atoms. The first kappa shape index (κ1) is 14.0. The van der Waals surface area contributed by atoms with Gasteiger partial charge in [-0.1, -0.05) is 6.58 Å². The third kappa shape index (κ3) is 3.76. The fourth-order valence-corrected chi connectivity index (χ4v) is 1.27. The standard InChI is InChI=1S/C13H16FNO3/c1-4-18-13(16)9(2)8-15-12-7-10(17-3)5-6-11(12)14/h5-7,15H,2,4,8H2,1,3H3. The Morgan fingerprint density at radius 1 is 1.50 bits per heavy atom. The van der Waals surface area contributed by atoms with E-state index in [0.29, 0.717) is 5.75 Å². The molecule has 1 aromatic carbocycles. The van der Waals surface area contributed by atoms with E-state index in [-0.39, 0.29) is 24.4 Å². The first-order valence-electron chi connectivity index (χ1n) is 5.50. The average Bonchev–Trinajstić information content (AvgIpc) is 2.37. The van der Waals surface area contributed by atoms with E-state index in [0.717, 1.165) is 0 Å². The number of halogens is 1. The van der Waals surface area contributed by atoms with Gasteiger partial charge < -0.3 is 14.8 Å². The van der Waals surface area contributed by atoms with Gasteiger partial charge in [-0.15, -0.1) is 0 Å². The van der Waals surface area contributed by atoms with Crippen LogP contribution in [-0.2, 0) is 9.53 Å². The summed E-state index contributed by atoms with van der Waals surface area (Å²) in [6, 6.07) is 4.31. The molecule has 0 atom stereocenters. The maximum absolute atomic E-state index is 13.4. The van der Waals surface area contributed by atoms with Gasteiger partial charge in [0.2, 0.25) is 0 Å². The maximum atomic E-state index is 13.4. The lowest BCUT2D eigenvalue weighted by atomic mass is 10.2. The van der Waals surface area contributed by atoms with Crippen LogP contribution in [0.2, 0.25) is 0 Å². The lowest BCUT2D eigenvalue weighted by molar-refractivity contribution is -0.138. The summed E-state index contributed by atoms with van der Waals surface area (Å²) in [6.45, 7) is 5.68. The minimum absolute atomic E-state index is 0.114. The Kier molecular flexibility index (Phi) is 5.17. The van der Waals surface area contributed by atoms with Crippen LogP contribution in [0.25, 0.3) is 0 Å². The number of anilines is 1. The summed E-state index contributed by atoms with van der Waals surface area (Å²) in [5, 5.41) is 2.77. The quantitative estimate of drug-likeness (QED) is 0.624. The van der Waals surface area contributed by atoms with Crippen LogP contribution in [0.4, 0.5) is 10.1 Å². The van der Waals surface area contributed by atoms with Gasteiger partial charge in [-0.25, -0.2) is 9.18 Å². The molecular formula is C13H16FNO3. The first-order chi connectivity index (χ1) is 8.58. The molecule has 18 heavy (non-hydrogen) atoms. The van der Waals surface area contributed by atoms with Crippen molar-refractivity contribution < 1.29 is 18.7 Å². The molecule has 0 saturated heterocycles. The van der Waals surface area contributed by atoms with Gasteiger partial charge in [0.25, 0.3) is 0 Å². The minimum atomic E-state index is -0.492. The number of carbonyl (C=O) groups is 1. The molecule has 98 valence electrons. The Morgan fingerprint density at radius 2 is 2.22 bits per heavy atom. The number of ether oxygens (including phenoxy) is 2. The second-order valence-corrected chi connectivity index (χ2v) is 3.52. The minimum Gasteiger partial charge on any atom is -0.497 e. The highest BCUT2D eigenvalue weighted by Gasteiger charge is 2.09. The molecule has 1 aromatic rings. The fraction of sp³-hybridized carbons (Fsp3) is 0.308. The molecule has 0 saturated carbocycles. The second kappa shape index (κ2) is 6.64. The molecule has 0 amide bonds. The summed E-state index contributed by atoms with van der Waals surface area (Å²) >= 11 is 0. The molecule has 0 unspecified atom stereocenters. The number of benzene rings is 1. The largest absolute Gasteiger partial charge is 0.497 e. The summed E-state index contributed by atoms with van der Waals surface area (Å²) in [7, 11) is 1.49. The highest BCUT2D eigenvalue weighted by atomic mass is 19.1. The van der Waals surface area contributed by atoms with Crippen LogP contribution in [0, 0.1) is 5.82 Å². The highest BCUT2D eigenvalue weighted by molar-refractivity contribution is 5.88. The van der Waals surface area contributed by atoms with Crippen LogP contribution < -0.4 is 10.1 Å². The molecule has 0 aliphatic carbocycles. The summed E-state index contributed by atoms with van der Waals surface area (Å²) < 4.78 is 23.2. The number of esters is 1. The molecule has 0 heterocycles. The van der Waals surface area contributed by atoms with Gasteiger partial charge in [0.05, 0.1) is 19.4 Å². The van der Waals surface area contributed by atoms with Crippen LogP contribution in [0.15, 0.2) is 30.4 Å². The van der Waals surface area contributed by atoms with Crippen molar-refractivity contribution in [2.24, 2.45) is 0 Å². The zero-order valence-corrected chi connectivity index (χ0v) is 10.5. The van der Waals surface area contributed by atoms with Crippen molar-refractivity contribution >= 4 is 11.7 Å². The smallest absolute Gasteiger partial charge is 0.335 e. The lowest BCUT2D eigenvalue weighted by Gasteiger charge is -2.10. The molecule has 0 spiro atoms. The van der Waals surface area contributed by atoms with E-state index in [2.05, 4.69) is 11.9 Å². The van der Waals surface area contributed by atoms with Crippen molar-refractivity contribution in [2.75, 3.05) is 25.6 Å². The van der Waals surface area contributed by atoms with Crippen molar-refractivity contribution in [2.45, 2.75) is 6.92 Å². The van der Waals surface area contributed by atoms with Crippen molar-refractivity contribution in [3.8, 4) is 5.75 Å². The van der Waals surface area contributed by atoms with Gasteiger partial charge in [0, 0.05) is 18.2 Å². The predicted molar refractivity (Wildman–Crippen MR) is 67.2 cm³/mol. The Morgan fingerprint density at radius 3 is 2.83 bits per heavy atom. The van der Waals surface area contributed by atoms with Crippen LogP contribution in [-0.4, -0.2) is 26.2 Å². The fourth-order valence-electron chi connectivity index (χ4n) is 1.27. The van der Waals surface area contributed by atoms with Crippen molar-refractivity contribution in [3.63, 3.8) is 0 Å². The molecule has 0 aromatic heterocycles. The van der Waals surface area contributed by atoms with Gasteiger partial charge in [0.15, 0.2) is 0 Å². The predicted octanol–water partition coefficient (Wildman–Crippen LogP) is 2.37. The molecule has 4 nitrogen and oxygen atoms in total. The average molecular weight is 253 g/mol. The summed E-state index contributed by atoms with van der Waals surface area (Å²) in [5.74, 6) is -0.388. The van der Waals surface area contributed by atoms with Crippen LogP contribution in [0.5, 0.6) is 5.75 Å². The molecule has 0 aliphatic heterocycles. The van der Waals surface area contributed by atoms with E-state index in [1.165, 1.54) is 25.3 Å². The first-order valence-corrected chi connectivity index (χ1v) is 5.50. The van der Waals surface area contributed by atoms with E-state index < -0.39 is 11.8 Å². The summed E-state index contributed by atoms with van der Waals surface area (Å²) in [6.07, 6.45) is 0. The second-order valence-electron chi connectivity index (χ2n) is 3.52. The third-order valence-corrected chi connectivity index (χ3v) is 2.23. The normalized spacial score (nSPS) is 9.72. The summed E-state index contributed by atoms with van der Waals surface area (Å²) in [5.41, 5.74) is 0.485. The topological polar surface area (TPSA) is 47.6 Å². The van der Waals surface area contributed by atoms with E-state index in [1.807, 2.05) is 0 Å². The lowest BCUT2D eigenvalue weighted by Crippen LogP contribution is -2.15. The van der Waals surface area contributed by atoms with E-state index in [1.54, 1.807) is 6.92 Å². The number of methoxy groups -OCH3 is 1. The molecule has 5 heteroatoms. The van der Waals surface area contributed by atoms with Crippen LogP contribution in [0.1, 0.15) is 6.92 Å². The van der Waals surface area contributed by atoms with Crippen molar-refractivity contribution in [1.29, 1.82) is 0 Å². The van der Waals surface area contributed by atoms with E-state index in [4.69, 9.17) is 9.47 Å².